The summed E-state index contributed by atoms with van der Waals surface area (Å²) in [5, 5.41) is 0. The lowest BCUT2D eigenvalue weighted by Crippen LogP contribution is -2.22. The average Bonchev–Trinajstić information content (AvgIpc) is 2.37. The quantitative estimate of drug-likeness (QED) is 0.648. The topological polar surface area (TPSA) is 63.8 Å². The number of nitrogens with one attached hydrogen (secondary N) is 1. The van der Waals surface area contributed by atoms with Crippen molar-refractivity contribution in [3.63, 3.8) is 0 Å². The molecule has 0 atom stereocenters. The summed E-state index contributed by atoms with van der Waals surface area (Å²) in [6.45, 7) is 8.86. The van der Waals surface area contributed by atoms with E-state index in [4.69, 9.17) is 10.8 Å². The SMILES string of the molecule is CCc1c(C)nc(C2CCC(C)(C)CC2)nc1NN. The first kappa shape index (κ1) is 14.3. The van der Waals surface area contributed by atoms with E-state index in [9.17, 15) is 0 Å². The first-order chi connectivity index (χ1) is 8.96. The molecule has 0 bridgehead atoms. The minimum Gasteiger partial charge on any atom is -0.308 e. The molecule has 2 rings (SSSR count). The highest BCUT2D eigenvalue weighted by Crippen LogP contribution is 2.41. The molecule has 3 N–H and O–H groups in total. The van der Waals surface area contributed by atoms with Crippen LogP contribution >= 0.6 is 0 Å². The average molecular weight is 262 g/mol. The van der Waals surface area contributed by atoms with E-state index in [1.165, 1.54) is 25.7 Å². The van der Waals surface area contributed by atoms with Gasteiger partial charge in [-0.2, -0.15) is 0 Å². The highest BCUT2D eigenvalue weighted by molar-refractivity contribution is 5.45. The van der Waals surface area contributed by atoms with E-state index < -0.39 is 0 Å². The molecule has 0 spiro atoms. The molecule has 106 valence electrons. The number of anilines is 1. The fourth-order valence-corrected chi connectivity index (χ4v) is 3.00. The number of aryl methyl sites for hydroxylation is 1. The van der Waals surface area contributed by atoms with Crippen LogP contribution in [0.5, 0.6) is 0 Å². The Morgan fingerprint density at radius 2 is 1.89 bits per heavy atom. The van der Waals surface area contributed by atoms with Crippen molar-refractivity contribution in [3.8, 4) is 0 Å². The van der Waals surface area contributed by atoms with E-state index in [0.29, 0.717) is 11.3 Å². The lowest BCUT2D eigenvalue weighted by molar-refractivity contribution is 0.220. The summed E-state index contributed by atoms with van der Waals surface area (Å²) in [7, 11) is 0. The molecule has 4 nitrogen and oxygen atoms in total. The predicted molar refractivity (Wildman–Crippen MR) is 78.9 cm³/mol. The molecule has 19 heavy (non-hydrogen) atoms. The van der Waals surface area contributed by atoms with Gasteiger partial charge in [0.1, 0.15) is 11.6 Å². The molecule has 0 aliphatic heterocycles. The van der Waals surface area contributed by atoms with Crippen LogP contribution in [0, 0.1) is 12.3 Å². The molecule has 4 heteroatoms. The zero-order valence-electron chi connectivity index (χ0n) is 12.6. The molecule has 1 aromatic rings. The fourth-order valence-electron chi connectivity index (χ4n) is 3.00. The second-order valence-electron chi connectivity index (χ2n) is 6.43. The van der Waals surface area contributed by atoms with Crippen LogP contribution < -0.4 is 11.3 Å². The summed E-state index contributed by atoms with van der Waals surface area (Å²) >= 11 is 0. The van der Waals surface area contributed by atoms with E-state index in [0.717, 1.165) is 29.3 Å². The molecular weight excluding hydrogens is 236 g/mol. The first-order valence-electron chi connectivity index (χ1n) is 7.31. The van der Waals surface area contributed by atoms with Crippen LogP contribution in [0.1, 0.15) is 69.5 Å². The number of nitrogen functional groups attached to an aromatic ring is 1. The summed E-state index contributed by atoms with van der Waals surface area (Å²) in [4.78, 5) is 9.36. The second-order valence-corrected chi connectivity index (χ2v) is 6.43. The minimum atomic E-state index is 0.476. The van der Waals surface area contributed by atoms with Crippen LogP contribution in [0.3, 0.4) is 0 Å². The number of nitrogens with two attached hydrogens (primary N) is 1. The monoisotopic (exact) mass is 262 g/mol. The van der Waals surface area contributed by atoms with Crippen LogP contribution in [0.25, 0.3) is 0 Å². The first-order valence-corrected chi connectivity index (χ1v) is 7.31. The van der Waals surface area contributed by atoms with E-state index in [2.05, 4.69) is 38.1 Å². The van der Waals surface area contributed by atoms with Crippen molar-refractivity contribution >= 4 is 5.82 Å². The van der Waals surface area contributed by atoms with Gasteiger partial charge in [-0.3, -0.25) is 0 Å². The van der Waals surface area contributed by atoms with Gasteiger partial charge in [-0.05, 0) is 44.4 Å². The number of hydrogen-bond acceptors (Lipinski definition) is 4. The van der Waals surface area contributed by atoms with Crippen molar-refractivity contribution in [2.24, 2.45) is 11.3 Å². The Hall–Kier alpha value is -1.16. The van der Waals surface area contributed by atoms with Gasteiger partial charge in [-0.1, -0.05) is 20.8 Å². The maximum atomic E-state index is 5.60. The van der Waals surface area contributed by atoms with E-state index in [-0.39, 0.29) is 0 Å². The Kier molecular flexibility index (Phi) is 4.09. The van der Waals surface area contributed by atoms with Gasteiger partial charge >= 0.3 is 0 Å². The minimum absolute atomic E-state index is 0.476. The Morgan fingerprint density at radius 1 is 1.26 bits per heavy atom. The second kappa shape index (κ2) is 5.45. The Labute approximate surface area is 116 Å². The molecule has 0 saturated heterocycles. The molecular formula is C15H26N4. The van der Waals surface area contributed by atoms with Gasteiger partial charge in [-0.25, -0.2) is 15.8 Å². The van der Waals surface area contributed by atoms with Crippen molar-refractivity contribution in [3.05, 3.63) is 17.1 Å². The third kappa shape index (κ3) is 3.06. The smallest absolute Gasteiger partial charge is 0.147 e. The van der Waals surface area contributed by atoms with Crippen molar-refractivity contribution in [1.82, 2.24) is 9.97 Å². The van der Waals surface area contributed by atoms with Crippen LogP contribution in [0.15, 0.2) is 0 Å². The van der Waals surface area contributed by atoms with Crippen LogP contribution in [-0.2, 0) is 6.42 Å². The molecule has 1 saturated carbocycles. The van der Waals surface area contributed by atoms with Gasteiger partial charge in [-0.15, -0.1) is 0 Å². The molecule has 1 aliphatic carbocycles. The number of nitrogens with zero attached hydrogens (tertiary/aromatic N) is 2. The Balaban J connectivity index is 2.24. The zero-order valence-corrected chi connectivity index (χ0v) is 12.6. The van der Waals surface area contributed by atoms with Crippen molar-refractivity contribution in [2.45, 2.75) is 65.7 Å². The number of hydrogen-bond donors (Lipinski definition) is 2. The van der Waals surface area contributed by atoms with Crippen LogP contribution in [0.4, 0.5) is 5.82 Å². The summed E-state index contributed by atoms with van der Waals surface area (Å²) in [5.74, 6) is 7.86. The van der Waals surface area contributed by atoms with Gasteiger partial charge in [0.2, 0.25) is 0 Å². The summed E-state index contributed by atoms with van der Waals surface area (Å²) < 4.78 is 0. The normalized spacial score (nSPS) is 19.4. The third-order valence-corrected chi connectivity index (χ3v) is 4.43. The van der Waals surface area contributed by atoms with Crippen molar-refractivity contribution in [1.29, 1.82) is 0 Å². The lowest BCUT2D eigenvalue weighted by Gasteiger charge is -2.33. The summed E-state index contributed by atoms with van der Waals surface area (Å²) in [6, 6.07) is 0. The maximum Gasteiger partial charge on any atom is 0.147 e. The zero-order chi connectivity index (χ0) is 14.0. The van der Waals surface area contributed by atoms with E-state index in [1.807, 2.05) is 0 Å². The number of hydrazine groups is 1. The van der Waals surface area contributed by atoms with Gasteiger partial charge in [0.25, 0.3) is 0 Å². The molecule has 0 radical (unpaired) electrons. The van der Waals surface area contributed by atoms with Gasteiger partial charge in [0.15, 0.2) is 0 Å². The molecule has 0 amide bonds. The molecule has 1 heterocycles. The fraction of sp³-hybridized carbons (Fsp3) is 0.733. The molecule has 0 unspecified atom stereocenters. The van der Waals surface area contributed by atoms with E-state index in [1.54, 1.807) is 0 Å². The van der Waals surface area contributed by atoms with Crippen LogP contribution in [0.2, 0.25) is 0 Å². The van der Waals surface area contributed by atoms with Crippen LogP contribution in [-0.4, -0.2) is 9.97 Å². The van der Waals surface area contributed by atoms with Crippen molar-refractivity contribution in [2.75, 3.05) is 5.43 Å². The van der Waals surface area contributed by atoms with E-state index >= 15 is 0 Å². The standard InChI is InChI=1S/C15H26N4/c1-5-12-10(2)17-13(18-14(12)19-16)11-6-8-15(3,4)9-7-11/h11H,5-9,16H2,1-4H3,(H,17,18,19). The van der Waals surface area contributed by atoms with Gasteiger partial charge in [0.05, 0.1) is 0 Å². The maximum absolute atomic E-state index is 5.60. The van der Waals surface area contributed by atoms with Crippen molar-refractivity contribution < 1.29 is 0 Å². The molecule has 1 aliphatic rings. The van der Waals surface area contributed by atoms with Gasteiger partial charge < -0.3 is 5.43 Å². The Bertz CT molecular complexity index is 444. The number of rotatable bonds is 3. The largest absolute Gasteiger partial charge is 0.308 e. The lowest BCUT2D eigenvalue weighted by atomic mass is 9.73. The Morgan fingerprint density at radius 3 is 2.42 bits per heavy atom. The molecule has 0 aromatic carbocycles. The van der Waals surface area contributed by atoms with Gasteiger partial charge in [0, 0.05) is 17.2 Å². The molecule has 1 aromatic heterocycles. The highest BCUT2D eigenvalue weighted by Gasteiger charge is 2.29. The number of aromatic nitrogens is 2. The predicted octanol–water partition coefficient (Wildman–Crippen LogP) is 3.32. The summed E-state index contributed by atoms with van der Waals surface area (Å²) in [5.41, 5.74) is 5.40. The molecule has 1 fully saturated rings. The third-order valence-electron chi connectivity index (χ3n) is 4.43. The highest BCUT2D eigenvalue weighted by atomic mass is 15.3. The summed E-state index contributed by atoms with van der Waals surface area (Å²) in [6.07, 6.45) is 5.77.